The molecule has 0 aromatic heterocycles. The number of aliphatic hydroxyl groups excluding tert-OH is 1. The van der Waals surface area contributed by atoms with E-state index in [2.05, 4.69) is 0 Å². The molecule has 0 heterocycles. The molecule has 0 aliphatic rings. The molecule has 0 fully saturated rings. The molecule has 5 heteroatoms. The summed E-state index contributed by atoms with van der Waals surface area (Å²) in [6.07, 6.45) is 0. The molecule has 0 aliphatic carbocycles. The van der Waals surface area contributed by atoms with Gasteiger partial charge in [-0.1, -0.05) is 0 Å². The SMILES string of the molecule is CC(C)N(CCO)c1cc(C(=O)N(C)C)ccc1N. The molecule has 0 atom stereocenters. The molecule has 0 bridgehead atoms. The fourth-order valence-corrected chi connectivity index (χ4v) is 1.95. The minimum absolute atomic E-state index is 0.0451. The maximum atomic E-state index is 12.0. The maximum Gasteiger partial charge on any atom is 0.253 e. The number of anilines is 2. The highest BCUT2D eigenvalue weighted by molar-refractivity contribution is 5.96. The molecular weight excluding hydrogens is 242 g/mol. The minimum Gasteiger partial charge on any atom is -0.397 e. The fraction of sp³-hybridized carbons (Fsp3) is 0.500. The van der Waals surface area contributed by atoms with E-state index in [9.17, 15) is 4.79 Å². The van der Waals surface area contributed by atoms with E-state index in [4.69, 9.17) is 10.8 Å². The van der Waals surface area contributed by atoms with E-state index in [0.29, 0.717) is 17.8 Å². The van der Waals surface area contributed by atoms with Crippen LogP contribution in [0.1, 0.15) is 24.2 Å². The molecular formula is C14H23N3O2. The second-order valence-corrected chi connectivity index (χ2v) is 4.98. The molecule has 0 unspecified atom stereocenters. The summed E-state index contributed by atoms with van der Waals surface area (Å²) in [4.78, 5) is 15.5. The molecule has 0 spiro atoms. The van der Waals surface area contributed by atoms with Gasteiger partial charge in [-0.3, -0.25) is 4.79 Å². The van der Waals surface area contributed by atoms with Crippen LogP contribution < -0.4 is 10.6 Å². The van der Waals surface area contributed by atoms with Crippen molar-refractivity contribution in [2.24, 2.45) is 0 Å². The molecule has 1 aromatic rings. The Morgan fingerprint density at radius 3 is 2.47 bits per heavy atom. The zero-order chi connectivity index (χ0) is 14.6. The number of amides is 1. The first kappa shape index (κ1) is 15.3. The Bertz CT molecular complexity index is 444. The van der Waals surface area contributed by atoms with Crippen LogP contribution in [-0.2, 0) is 0 Å². The van der Waals surface area contributed by atoms with Crippen LogP contribution in [0.3, 0.4) is 0 Å². The summed E-state index contributed by atoms with van der Waals surface area (Å²) in [6.45, 7) is 4.58. The van der Waals surface area contributed by atoms with Crippen molar-refractivity contribution in [3.8, 4) is 0 Å². The van der Waals surface area contributed by atoms with Crippen LogP contribution in [-0.4, -0.2) is 49.2 Å². The molecule has 0 saturated heterocycles. The summed E-state index contributed by atoms with van der Waals surface area (Å²) in [7, 11) is 3.43. The molecule has 1 aromatic carbocycles. The number of carbonyl (C=O) groups excluding carboxylic acids is 1. The number of benzene rings is 1. The van der Waals surface area contributed by atoms with Gasteiger partial charge < -0.3 is 20.6 Å². The minimum atomic E-state index is -0.0612. The monoisotopic (exact) mass is 265 g/mol. The van der Waals surface area contributed by atoms with Crippen molar-refractivity contribution in [1.82, 2.24) is 4.90 Å². The number of nitrogens with zero attached hydrogens (tertiary/aromatic N) is 2. The zero-order valence-corrected chi connectivity index (χ0v) is 12.1. The lowest BCUT2D eigenvalue weighted by atomic mass is 10.1. The molecule has 0 saturated carbocycles. The number of carbonyl (C=O) groups is 1. The van der Waals surface area contributed by atoms with Gasteiger partial charge in [0.1, 0.15) is 0 Å². The molecule has 106 valence electrons. The number of hydrogen-bond acceptors (Lipinski definition) is 4. The van der Waals surface area contributed by atoms with Gasteiger partial charge in [0, 0.05) is 32.2 Å². The topological polar surface area (TPSA) is 69.8 Å². The lowest BCUT2D eigenvalue weighted by molar-refractivity contribution is 0.0827. The van der Waals surface area contributed by atoms with Crippen molar-refractivity contribution >= 4 is 17.3 Å². The van der Waals surface area contributed by atoms with Crippen LogP contribution in [0, 0.1) is 0 Å². The lowest BCUT2D eigenvalue weighted by Crippen LogP contribution is -2.34. The van der Waals surface area contributed by atoms with Crippen molar-refractivity contribution in [1.29, 1.82) is 0 Å². The second kappa shape index (κ2) is 6.43. The van der Waals surface area contributed by atoms with E-state index in [0.717, 1.165) is 5.69 Å². The summed E-state index contributed by atoms with van der Waals surface area (Å²) >= 11 is 0. The smallest absolute Gasteiger partial charge is 0.253 e. The van der Waals surface area contributed by atoms with Gasteiger partial charge in [0.15, 0.2) is 0 Å². The normalized spacial score (nSPS) is 10.6. The summed E-state index contributed by atoms with van der Waals surface area (Å²) in [6, 6.07) is 5.43. The van der Waals surface area contributed by atoms with Crippen LogP contribution in [0.2, 0.25) is 0 Å². The maximum absolute atomic E-state index is 12.0. The van der Waals surface area contributed by atoms with Crippen molar-refractivity contribution in [2.45, 2.75) is 19.9 Å². The average molecular weight is 265 g/mol. The van der Waals surface area contributed by atoms with Crippen LogP contribution in [0.4, 0.5) is 11.4 Å². The Morgan fingerprint density at radius 2 is 2.00 bits per heavy atom. The fourth-order valence-electron chi connectivity index (χ4n) is 1.95. The van der Waals surface area contributed by atoms with E-state index in [-0.39, 0.29) is 18.6 Å². The second-order valence-electron chi connectivity index (χ2n) is 4.98. The summed E-state index contributed by atoms with van der Waals surface area (Å²) < 4.78 is 0. The highest BCUT2D eigenvalue weighted by atomic mass is 16.3. The number of nitrogen functional groups attached to an aromatic ring is 1. The van der Waals surface area contributed by atoms with Crippen LogP contribution in [0.5, 0.6) is 0 Å². The molecule has 1 amide bonds. The first-order valence-electron chi connectivity index (χ1n) is 6.37. The first-order chi connectivity index (χ1) is 8.88. The Balaban J connectivity index is 3.18. The van der Waals surface area contributed by atoms with Crippen molar-refractivity contribution < 1.29 is 9.90 Å². The average Bonchev–Trinajstić information content (AvgIpc) is 2.35. The van der Waals surface area contributed by atoms with Gasteiger partial charge in [0.2, 0.25) is 0 Å². The van der Waals surface area contributed by atoms with E-state index >= 15 is 0 Å². The van der Waals surface area contributed by atoms with E-state index < -0.39 is 0 Å². The first-order valence-corrected chi connectivity index (χ1v) is 6.37. The summed E-state index contributed by atoms with van der Waals surface area (Å²) in [5.74, 6) is -0.0612. The van der Waals surface area contributed by atoms with Gasteiger partial charge in [0.05, 0.1) is 18.0 Å². The standard InChI is InChI=1S/C14H23N3O2/c1-10(2)17(7-8-18)13-9-11(5-6-12(13)15)14(19)16(3)4/h5-6,9-10,18H,7-8,15H2,1-4H3. The Kier molecular flexibility index (Phi) is 5.18. The number of aliphatic hydroxyl groups is 1. The third-order valence-electron chi connectivity index (χ3n) is 2.96. The van der Waals surface area contributed by atoms with E-state index in [1.54, 1.807) is 32.3 Å². The highest BCUT2D eigenvalue weighted by Gasteiger charge is 2.16. The third-order valence-corrected chi connectivity index (χ3v) is 2.96. The number of nitrogens with two attached hydrogens (primary N) is 1. The Labute approximate surface area is 114 Å². The van der Waals surface area contributed by atoms with Crippen molar-refractivity contribution in [2.75, 3.05) is 37.9 Å². The van der Waals surface area contributed by atoms with Gasteiger partial charge in [-0.2, -0.15) is 0 Å². The molecule has 0 radical (unpaired) electrons. The van der Waals surface area contributed by atoms with Gasteiger partial charge >= 0.3 is 0 Å². The molecule has 3 N–H and O–H groups in total. The van der Waals surface area contributed by atoms with Crippen LogP contribution >= 0.6 is 0 Å². The number of hydrogen-bond donors (Lipinski definition) is 2. The van der Waals surface area contributed by atoms with Gasteiger partial charge in [-0.15, -0.1) is 0 Å². The zero-order valence-electron chi connectivity index (χ0n) is 12.1. The van der Waals surface area contributed by atoms with E-state index in [1.165, 1.54) is 4.90 Å². The predicted octanol–water partition coefficient (Wildman–Crippen LogP) is 1.18. The molecule has 0 aliphatic heterocycles. The molecule has 1 rings (SSSR count). The number of rotatable bonds is 5. The Hall–Kier alpha value is -1.75. The quantitative estimate of drug-likeness (QED) is 0.784. The lowest BCUT2D eigenvalue weighted by Gasteiger charge is -2.30. The van der Waals surface area contributed by atoms with Crippen molar-refractivity contribution in [3.63, 3.8) is 0 Å². The Morgan fingerprint density at radius 1 is 1.37 bits per heavy atom. The predicted molar refractivity (Wildman–Crippen MR) is 78.4 cm³/mol. The summed E-state index contributed by atoms with van der Waals surface area (Å²) in [5, 5.41) is 9.15. The van der Waals surface area contributed by atoms with E-state index in [1.807, 2.05) is 18.7 Å². The van der Waals surface area contributed by atoms with Crippen LogP contribution in [0.25, 0.3) is 0 Å². The van der Waals surface area contributed by atoms with Gasteiger partial charge in [0.25, 0.3) is 5.91 Å². The summed E-state index contributed by atoms with van der Waals surface area (Å²) in [5.41, 5.74) is 7.98. The van der Waals surface area contributed by atoms with Crippen LogP contribution in [0.15, 0.2) is 18.2 Å². The van der Waals surface area contributed by atoms with Gasteiger partial charge in [-0.25, -0.2) is 0 Å². The highest BCUT2D eigenvalue weighted by Crippen LogP contribution is 2.26. The van der Waals surface area contributed by atoms with Gasteiger partial charge in [-0.05, 0) is 32.0 Å². The largest absolute Gasteiger partial charge is 0.397 e. The third kappa shape index (κ3) is 3.61. The molecule has 5 nitrogen and oxygen atoms in total. The molecule has 19 heavy (non-hydrogen) atoms. The van der Waals surface area contributed by atoms with Crippen molar-refractivity contribution in [3.05, 3.63) is 23.8 Å².